The van der Waals surface area contributed by atoms with Crippen LogP contribution in [0.4, 0.5) is 0 Å². The summed E-state index contributed by atoms with van der Waals surface area (Å²) in [5.41, 5.74) is 0.676. The van der Waals surface area contributed by atoms with Gasteiger partial charge in [-0.2, -0.15) is 0 Å². The summed E-state index contributed by atoms with van der Waals surface area (Å²) in [6.07, 6.45) is 2.74. The van der Waals surface area contributed by atoms with Crippen molar-refractivity contribution in [1.29, 1.82) is 0 Å². The Morgan fingerprint density at radius 3 is 2.25 bits per heavy atom. The highest BCUT2D eigenvalue weighted by molar-refractivity contribution is 4.96. The summed E-state index contributed by atoms with van der Waals surface area (Å²) in [6, 6.07) is 0. The molecule has 1 N–H and O–H groups in total. The Kier molecular flexibility index (Phi) is 2.10. The Hall–Kier alpha value is -0.120. The van der Waals surface area contributed by atoms with Crippen LogP contribution in [0.1, 0.15) is 12.8 Å². The first-order valence-corrected chi connectivity index (χ1v) is 4.85. The maximum Gasteiger partial charge on any atom is 0.0203 e. The third-order valence-electron chi connectivity index (χ3n) is 3.27. The van der Waals surface area contributed by atoms with Crippen LogP contribution in [0, 0.1) is 5.41 Å². The average molecular weight is 169 g/mol. The summed E-state index contributed by atoms with van der Waals surface area (Å²) in [5, 5.41) is 8.06. The minimum atomic E-state index is 0.676. The van der Waals surface area contributed by atoms with Gasteiger partial charge in [-0.15, -0.1) is 0 Å². The first-order valence-electron chi connectivity index (χ1n) is 4.85. The summed E-state index contributed by atoms with van der Waals surface area (Å²) < 4.78 is 0. The van der Waals surface area contributed by atoms with Gasteiger partial charge in [-0.25, -0.2) is 10.0 Å². The maximum absolute atomic E-state index is 3.42. The van der Waals surface area contributed by atoms with E-state index in [0.717, 1.165) is 0 Å². The van der Waals surface area contributed by atoms with Crippen molar-refractivity contribution in [2.45, 2.75) is 12.8 Å². The molecule has 3 heteroatoms. The van der Waals surface area contributed by atoms with Gasteiger partial charge in [0.1, 0.15) is 0 Å². The van der Waals surface area contributed by atoms with Crippen LogP contribution in [-0.4, -0.2) is 50.3 Å². The normalized spacial score (nSPS) is 29.2. The molecule has 0 aromatic heterocycles. The van der Waals surface area contributed by atoms with Crippen molar-refractivity contribution in [2.24, 2.45) is 5.41 Å². The van der Waals surface area contributed by atoms with Gasteiger partial charge in [-0.1, -0.05) is 0 Å². The zero-order valence-electron chi connectivity index (χ0n) is 8.14. The lowest BCUT2D eigenvalue weighted by molar-refractivity contribution is -0.136. The van der Waals surface area contributed by atoms with Crippen LogP contribution >= 0.6 is 0 Å². The van der Waals surface area contributed by atoms with Crippen LogP contribution in [0.2, 0.25) is 0 Å². The summed E-state index contributed by atoms with van der Waals surface area (Å²) in [7, 11) is 4.27. The SMILES string of the molecule is CN(C)N1CC2(CCNCC2)C1. The van der Waals surface area contributed by atoms with Crippen molar-refractivity contribution >= 4 is 0 Å². The fourth-order valence-electron chi connectivity index (χ4n) is 2.28. The number of rotatable bonds is 1. The summed E-state index contributed by atoms with van der Waals surface area (Å²) in [5.74, 6) is 0. The minimum absolute atomic E-state index is 0.676. The molecule has 2 saturated heterocycles. The van der Waals surface area contributed by atoms with Gasteiger partial charge in [0.25, 0.3) is 0 Å². The van der Waals surface area contributed by atoms with Crippen molar-refractivity contribution in [2.75, 3.05) is 40.3 Å². The monoisotopic (exact) mass is 169 g/mol. The second-order valence-corrected chi connectivity index (χ2v) is 4.42. The largest absolute Gasteiger partial charge is 0.317 e. The van der Waals surface area contributed by atoms with Crippen molar-refractivity contribution < 1.29 is 0 Å². The van der Waals surface area contributed by atoms with Gasteiger partial charge < -0.3 is 5.32 Å². The fraction of sp³-hybridized carbons (Fsp3) is 1.00. The highest BCUT2D eigenvalue weighted by Crippen LogP contribution is 2.38. The number of nitrogens with zero attached hydrogens (tertiary/aromatic N) is 2. The summed E-state index contributed by atoms with van der Waals surface area (Å²) >= 11 is 0. The molecule has 0 amide bonds. The predicted octanol–water partition coefficient (Wildman–Crippen LogP) is 0.148. The number of hydrogen-bond acceptors (Lipinski definition) is 3. The minimum Gasteiger partial charge on any atom is -0.317 e. The highest BCUT2D eigenvalue weighted by Gasteiger charge is 2.43. The van der Waals surface area contributed by atoms with Crippen LogP contribution in [0.15, 0.2) is 0 Å². The highest BCUT2D eigenvalue weighted by atomic mass is 15.6. The molecule has 2 heterocycles. The molecule has 3 nitrogen and oxygen atoms in total. The molecule has 1 spiro atoms. The van der Waals surface area contributed by atoms with Gasteiger partial charge in [0.2, 0.25) is 0 Å². The molecule has 0 aliphatic carbocycles. The van der Waals surface area contributed by atoms with E-state index >= 15 is 0 Å². The van der Waals surface area contributed by atoms with E-state index in [1.165, 1.54) is 39.0 Å². The maximum atomic E-state index is 3.42. The van der Waals surface area contributed by atoms with Crippen LogP contribution in [-0.2, 0) is 0 Å². The summed E-state index contributed by atoms with van der Waals surface area (Å²) in [6.45, 7) is 5.01. The third kappa shape index (κ3) is 1.37. The molecular formula is C9H19N3. The van der Waals surface area contributed by atoms with Crippen LogP contribution < -0.4 is 5.32 Å². The first-order chi connectivity index (χ1) is 5.72. The molecule has 2 rings (SSSR count). The van der Waals surface area contributed by atoms with Crippen LogP contribution in [0.5, 0.6) is 0 Å². The Balaban J connectivity index is 1.84. The van der Waals surface area contributed by atoms with E-state index < -0.39 is 0 Å². The Morgan fingerprint density at radius 2 is 1.75 bits per heavy atom. The van der Waals surface area contributed by atoms with E-state index in [2.05, 4.69) is 29.4 Å². The Morgan fingerprint density at radius 1 is 1.17 bits per heavy atom. The first kappa shape index (κ1) is 8.48. The molecule has 0 aromatic carbocycles. The zero-order chi connectivity index (χ0) is 8.60. The van der Waals surface area contributed by atoms with Gasteiger partial charge >= 0.3 is 0 Å². The second kappa shape index (κ2) is 2.98. The quantitative estimate of drug-likeness (QED) is 0.603. The van der Waals surface area contributed by atoms with Crippen molar-refractivity contribution in [3.63, 3.8) is 0 Å². The molecule has 0 aromatic rings. The van der Waals surface area contributed by atoms with Crippen LogP contribution in [0.3, 0.4) is 0 Å². The molecule has 0 bridgehead atoms. The van der Waals surface area contributed by atoms with Gasteiger partial charge in [0.05, 0.1) is 0 Å². The lowest BCUT2D eigenvalue weighted by Crippen LogP contribution is -2.63. The van der Waals surface area contributed by atoms with Gasteiger partial charge in [0, 0.05) is 32.6 Å². The smallest absolute Gasteiger partial charge is 0.0203 e. The lowest BCUT2D eigenvalue weighted by atomic mass is 9.73. The van der Waals surface area contributed by atoms with Crippen molar-refractivity contribution in [3.05, 3.63) is 0 Å². The molecule has 12 heavy (non-hydrogen) atoms. The molecule has 2 aliphatic rings. The molecule has 70 valence electrons. The van der Waals surface area contributed by atoms with Gasteiger partial charge in [-0.3, -0.25) is 0 Å². The van der Waals surface area contributed by atoms with Crippen molar-refractivity contribution in [1.82, 2.24) is 15.3 Å². The van der Waals surface area contributed by atoms with E-state index in [1.54, 1.807) is 0 Å². The second-order valence-electron chi connectivity index (χ2n) is 4.42. The third-order valence-corrected chi connectivity index (χ3v) is 3.27. The van der Waals surface area contributed by atoms with Crippen molar-refractivity contribution in [3.8, 4) is 0 Å². The molecule has 0 radical (unpaired) electrons. The number of piperidine rings is 1. The molecule has 2 aliphatic heterocycles. The molecule has 0 unspecified atom stereocenters. The van der Waals surface area contributed by atoms with Gasteiger partial charge in [-0.05, 0) is 25.9 Å². The van der Waals surface area contributed by atoms with E-state index in [9.17, 15) is 0 Å². The Bertz CT molecular complexity index is 153. The van der Waals surface area contributed by atoms with E-state index in [1.807, 2.05) is 0 Å². The molecule has 0 saturated carbocycles. The standard InChI is InChI=1S/C9H19N3/c1-11(2)12-7-9(8-12)3-5-10-6-4-9/h10H,3-8H2,1-2H3. The predicted molar refractivity (Wildman–Crippen MR) is 49.8 cm³/mol. The molecule has 0 atom stereocenters. The number of nitrogens with one attached hydrogen (secondary N) is 1. The van der Waals surface area contributed by atoms with E-state index in [-0.39, 0.29) is 0 Å². The fourth-order valence-corrected chi connectivity index (χ4v) is 2.28. The van der Waals surface area contributed by atoms with E-state index in [0.29, 0.717) is 5.41 Å². The topological polar surface area (TPSA) is 18.5 Å². The summed E-state index contributed by atoms with van der Waals surface area (Å²) in [4.78, 5) is 0. The molecule has 2 fully saturated rings. The lowest BCUT2D eigenvalue weighted by Gasteiger charge is -2.54. The zero-order valence-corrected chi connectivity index (χ0v) is 8.14. The van der Waals surface area contributed by atoms with Crippen LogP contribution in [0.25, 0.3) is 0 Å². The Labute approximate surface area is 74.7 Å². The van der Waals surface area contributed by atoms with E-state index in [4.69, 9.17) is 0 Å². The average Bonchev–Trinajstić information content (AvgIpc) is 2.01. The number of hydrazine groups is 1. The molecular weight excluding hydrogens is 150 g/mol. The van der Waals surface area contributed by atoms with Gasteiger partial charge in [0.15, 0.2) is 0 Å². The number of hydrogen-bond donors (Lipinski definition) is 1.